The first kappa shape index (κ1) is 14.8. The number of aromatic amines is 1. The molecule has 4 heteroatoms. The number of fused-ring (bicyclic) bond motifs is 1. The molecule has 1 aliphatic heterocycles. The molecule has 0 unspecified atom stereocenters. The van der Waals surface area contributed by atoms with Gasteiger partial charge in [0.25, 0.3) is 0 Å². The highest BCUT2D eigenvalue weighted by molar-refractivity contribution is 5.79. The predicted octanol–water partition coefficient (Wildman–Crippen LogP) is 2.88. The van der Waals surface area contributed by atoms with E-state index in [1.807, 2.05) is 11.1 Å². The van der Waals surface area contributed by atoms with E-state index < -0.39 is 0 Å². The van der Waals surface area contributed by atoms with Gasteiger partial charge >= 0.3 is 0 Å². The van der Waals surface area contributed by atoms with Crippen molar-refractivity contribution in [2.45, 2.75) is 45.6 Å². The second-order valence-corrected chi connectivity index (χ2v) is 6.04. The minimum atomic E-state index is 0.202. The Morgan fingerprint density at radius 1 is 1.27 bits per heavy atom. The number of benzene rings is 1. The largest absolute Gasteiger partial charge is 0.338 e. The van der Waals surface area contributed by atoms with Gasteiger partial charge in [0.2, 0.25) is 5.91 Å². The van der Waals surface area contributed by atoms with Gasteiger partial charge in [0.1, 0.15) is 0 Å². The smallest absolute Gasteiger partial charge is 0.227 e. The van der Waals surface area contributed by atoms with Crippen LogP contribution in [0.1, 0.15) is 42.1 Å². The van der Waals surface area contributed by atoms with Gasteiger partial charge in [-0.25, -0.2) is 0 Å². The Morgan fingerprint density at radius 2 is 2.05 bits per heavy atom. The molecule has 1 amide bonds. The maximum Gasteiger partial charge on any atom is 0.227 e. The second kappa shape index (κ2) is 6.77. The van der Waals surface area contributed by atoms with E-state index in [-0.39, 0.29) is 5.91 Å². The molecule has 22 heavy (non-hydrogen) atoms. The first-order valence-corrected chi connectivity index (χ1v) is 8.13. The van der Waals surface area contributed by atoms with Gasteiger partial charge in [-0.05, 0) is 24.0 Å². The molecule has 0 spiro atoms. The average Bonchev–Trinajstić information content (AvgIpc) is 3.01. The maximum atomic E-state index is 12.5. The van der Waals surface area contributed by atoms with Gasteiger partial charge in [0.15, 0.2) is 0 Å². The van der Waals surface area contributed by atoms with E-state index >= 15 is 0 Å². The third-order valence-electron chi connectivity index (χ3n) is 4.35. The van der Waals surface area contributed by atoms with E-state index in [0.717, 1.165) is 30.5 Å². The molecule has 4 nitrogen and oxygen atoms in total. The van der Waals surface area contributed by atoms with Crippen molar-refractivity contribution in [1.82, 2.24) is 15.1 Å². The first-order valence-electron chi connectivity index (χ1n) is 8.13. The molecule has 0 fully saturated rings. The Kier molecular flexibility index (Phi) is 4.56. The number of hydrogen-bond acceptors (Lipinski definition) is 2. The lowest BCUT2D eigenvalue weighted by atomic mass is 10.0. The molecule has 116 valence electrons. The fraction of sp³-hybridized carbons (Fsp3) is 0.444. The van der Waals surface area contributed by atoms with Crippen LogP contribution >= 0.6 is 0 Å². The summed E-state index contributed by atoms with van der Waals surface area (Å²) in [6.45, 7) is 3.67. The standard InChI is InChI=1S/C18H23N3O/c1-2-3-4-14-5-7-15(8-6-14)11-18(22)21-10-9-17-16(13-21)12-19-20-17/h5-8,12H,2-4,9-11,13H2,1H3,(H,19,20). The monoisotopic (exact) mass is 297 g/mol. The Bertz CT molecular complexity index is 630. The molecular weight excluding hydrogens is 274 g/mol. The van der Waals surface area contributed by atoms with Crippen molar-refractivity contribution in [2.24, 2.45) is 0 Å². The van der Waals surface area contributed by atoms with Crippen molar-refractivity contribution < 1.29 is 4.79 Å². The van der Waals surface area contributed by atoms with Crippen molar-refractivity contribution in [2.75, 3.05) is 6.54 Å². The molecule has 2 aromatic rings. The molecule has 1 aromatic carbocycles. The van der Waals surface area contributed by atoms with Gasteiger partial charge in [-0.3, -0.25) is 9.89 Å². The Hall–Kier alpha value is -2.10. The van der Waals surface area contributed by atoms with Crippen LogP contribution in [0.25, 0.3) is 0 Å². The van der Waals surface area contributed by atoms with Crippen molar-refractivity contribution in [3.63, 3.8) is 0 Å². The first-order chi connectivity index (χ1) is 10.8. The van der Waals surface area contributed by atoms with E-state index in [0.29, 0.717) is 13.0 Å². The molecule has 2 heterocycles. The second-order valence-electron chi connectivity index (χ2n) is 6.04. The van der Waals surface area contributed by atoms with Gasteiger partial charge in [-0.1, -0.05) is 37.6 Å². The number of nitrogens with zero attached hydrogens (tertiary/aromatic N) is 2. The van der Waals surface area contributed by atoms with Crippen molar-refractivity contribution in [3.05, 3.63) is 52.8 Å². The molecule has 1 N–H and O–H groups in total. The number of amides is 1. The summed E-state index contributed by atoms with van der Waals surface area (Å²) >= 11 is 0. The minimum absolute atomic E-state index is 0.202. The third kappa shape index (κ3) is 3.38. The number of carbonyl (C=O) groups excluding carboxylic acids is 1. The van der Waals surface area contributed by atoms with Crippen LogP contribution in [0.5, 0.6) is 0 Å². The summed E-state index contributed by atoms with van der Waals surface area (Å²) in [4.78, 5) is 14.4. The van der Waals surface area contributed by atoms with E-state index in [1.165, 1.54) is 24.1 Å². The van der Waals surface area contributed by atoms with Crippen molar-refractivity contribution in [3.8, 4) is 0 Å². The van der Waals surface area contributed by atoms with Gasteiger partial charge in [-0.15, -0.1) is 0 Å². The van der Waals surface area contributed by atoms with E-state index in [9.17, 15) is 4.79 Å². The fourth-order valence-corrected chi connectivity index (χ4v) is 2.93. The molecule has 0 bridgehead atoms. The van der Waals surface area contributed by atoms with Gasteiger partial charge < -0.3 is 4.90 Å². The molecule has 0 saturated heterocycles. The van der Waals surface area contributed by atoms with Gasteiger partial charge in [0.05, 0.1) is 12.6 Å². The molecule has 0 saturated carbocycles. The van der Waals surface area contributed by atoms with Gasteiger partial charge in [0, 0.05) is 30.8 Å². The summed E-state index contributed by atoms with van der Waals surface area (Å²) in [5.41, 5.74) is 4.78. The fourth-order valence-electron chi connectivity index (χ4n) is 2.93. The number of aryl methyl sites for hydroxylation is 1. The molecule has 0 radical (unpaired) electrons. The van der Waals surface area contributed by atoms with Crippen LogP contribution in [0.15, 0.2) is 30.5 Å². The van der Waals surface area contributed by atoms with Crippen LogP contribution in [0, 0.1) is 0 Å². The molecule has 0 atom stereocenters. The summed E-state index contributed by atoms with van der Waals surface area (Å²) < 4.78 is 0. The third-order valence-corrected chi connectivity index (χ3v) is 4.35. The topological polar surface area (TPSA) is 49.0 Å². The number of aromatic nitrogens is 2. The van der Waals surface area contributed by atoms with E-state index in [1.54, 1.807) is 0 Å². The highest BCUT2D eigenvalue weighted by Gasteiger charge is 2.21. The highest BCUT2D eigenvalue weighted by atomic mass is 16.2. The van der Waals surface area contributed by atoms with E-state index in [4.69, 9.17) is 0 Å². The summed E-state index contributed by atoms with van der Waals surface area (Å²) in [5.74, 6) is 0.202. The lowest BCUT2D eigenvalue weighted by Gasteiger charge is -2.26. The van der Waals surface area contributed by atoms with Crippen LogP contribution in [0.4, 0.5) is 0 Å². The summed E-state index contributed by atoms with van der Waals surface area (Å²) in [6.07, 6.45) is 6.75. The molecule has 3 rings (SSSR count). The van der Waals surface area contributed by atoms with Crippen molar-refractivity contribution >= 4 is 5.91 Å². The lowest BCUT2D eigenvalue weighted by Crippen LogP contribution is -2.36. The van der Waals surface area contributed by atoms with Crippen LogP contribution < -0.4 is 0 Å². The summed E-state index contributed by atoms with van der Waals surface area (Å²) in [6, 6.07) is 8.50. The Balaban J connectivity index is 1.58. The molecule has 1 aromatic heterocycles. The summed E-state index contributed by atoms with van der Waals surface area (Å²) in [7, 11) is 0. The molecule has 0 aliphatic carbocycles. The molecule has 1 aliphatic rings. The zero-order chi connectivity index (χ0) is 15.4. The number of nitrogens with one attached hydrogen (secondary N) is 1. The number of rotatable bonds is 5. The van der Waals surface area contributed by atoms with Crippen LogP contribution in [-0.2, 0) is 30.6 Å². The van der Waals surface area contributed by atoms with Gasteiger partial charge in [-0.2, -0.15) is 5.10 Å². The quantitative estimate of drug-likeness (QED) is 0.922. The minimum Gasteiger partial charge on any atom is -0.338 e. The SMILES string of the molecule is CCCCc1ccc(CC(=O)N2CCc3[nH]ncc3C2)cc1. The summed E-state index contributed by atoms with van der Waals surface area (Å²) in [5, 5.41) is 7.05. The number of carbonyl (C=O) groups is 1. The maximum absolute atomic E-state index is 12.5. The number of unbranched alkanes of at least 4 members (excludes halogenated alkanes) is 1. The molecular formula is C18H23N3O. The van der Waals surface area contributed by atoms with E-state index in [2.05, 4.69) is 41.4 Å². The Morgan fingerprint density at radius 3 is 2.82 bits per heavy atom. The highest BCUT2D eigenvalue weighted by Crippen LogP contribution is 2.17. The zero-order valence-electron chi connectivity index (χ0n) is 13.1. The Labute approximate surface area is 131 Å². The lowest BCUT2D eigenvalue weighted by molar-refractivity contribution is -0.131. The predicted molar refractivity (Wildman–Crippen MR) is 86.5 cm³/mol. The van der Waals surface area contributed by atoms with Crippen LogP contribution in [-0.4, -0.2) is 27.5 Å². The average molecular weight is 297 g/mol. The zero-order valence-corrected chi connectivity index (χ0v) is 13.1. The van der Waals surface area contributed by atoms with Crippen LogP contribution in [0.3, 0.4) is 0 Å². The number of H-pyrrole nitrogens is 1. The van der Waals surface area contributed by atoms with Crippen molar-refractivity contribution in [1.29, 1.82) is 0 Å². The number of hydrogen-bond donors (Lipinski definition) is 1. The normalized spacial score (nSPS) is 14.0. The van der Waals surface area contributed by atoms with Crippen LogP contribution in [0.2, 0.25) is 0 Å².